The number of carbonyl (C=O) groups excluding carboxylic acids is 1. The molecule has 0 aliphatic carbocycles. The highest BCUT2D eigenvalue weighted by molar-refractivity contribution is 6.36. The van der Waals surface area contributed by atoms with Crippen molar-refractivity contribution >= 4 is 45.0 Å². The topological polar surface area (TPSA) is 61.8 Å². The van der Waals surface area contributed by atoms with Crippen LogP contribution in [0.1, 0.15) is 19.3 Å². The van der Waals surface area contributed by atoms with E-state index in [4.69, 9.17) is 26.3 Å². The van der Waals surface area contributed by atoms with Crippen LogP contribution >= 0.6 is 11.6 Å². The second kappa shape index (κ2) is 10.3. The summed E-state index contributed by atoms with van der Waals surface area (Å²) in [5.74, 6) is 0.210. The van der Waals surface area contributed by atoms with Gasteiger partial charge in [-0.15, -0.1) is 0 Å². The monoisotopic (exact) mass is 571 g/mol. The molecule has 3 fully saturated rings. The molecule has 1 aromatic heterocycles. The van der Waals surface area contributed by atoms with E-state index in [1.165, 1.54) is 12.1 Å². The van der Waals surface area contributed by atoms with Crippen molar-refractivity contribution < 1.29 is 13.9 Å². The lowest BCUT2D eigenvalue weighted by atomic mass is 9.95. The lowest BCUT2D eigenvalue weighted by Gasteiger charge is -2.47. The predicted molar refractivity (Wildman–Crippen MR) is 160 cm³/mol. The fraction of sp³-hybridized carbons (Fsp3) is 0.344. The van der Waals surface area contributed by atoms with Crippen LogP contribution in [0.4, 0.5) is 10.2 Å². The Balaban J connectivity index is 1.32. The zero-order valence-electron chi connectivity index (χ0n) is 22.9. The minimum atomic E-state index is -0.372. The molecule has 1 amide bonds. The highest BCUT2D eigenvalue weighted by Gasteiger charge is 2.49. The number of rotatable bonds is 6. The number of aromatic nitrogens is 2. The Morgan fingerprint density at radius 3 is 2.73 bits per heavy atom. The Hall–Kier alpha value is -3.75. The van der Waals surface area contributed by atoms with Crippen molar-refractivity contribution in [3.05, 3.63) is 72.0 Å². The number of likely N-dealkylation sites (N-methyl/N-ethyl adjacent to an activating group) is 1. The summed E-state index contributed by atoms with van der Waals surface area (Å²) < 4.78 is 22.2. The number of anilines is 1. The first-order valence-electron chi connectivity index (χ1n) is 14.1. The van der Waals surface area contributed by atoms with Gasteiger partial charge < -0.3 is 19.4 Å². The molecule has 9 heteroatoms. The van der Waals surface area contributed by atoms with Crippen molar-refractivity contribution in [2.24, 2.45) is 0 Å². The van der Waals surface area contributed by atoms with E-state index in [1.54, 1.807) is 6.07 Å². The van der Waals surface area contributed by atoms with E-state index in [0.29, 0.717) is 58.6 Å². The van der Waals surface area contributed by atoms with Gasteiger partial charge in [-0.25, -0.2) is 4.39 Å². The molecule has 7 rings (SSSR count). The van der Waals surface area contributed by atoms with Crippen LogP contribution in [0.5, 0.6) is 6.01 Å². The molecular weight excluding hydrogens is 541 g/mol. The molecule has 4 aromatic rings. The third-order valence-electron chi connectivity index (χ3n) is 8.99. The van der Waals surface area contributed by atoms with E-state index in [-0.39, 0.29) is 29.8 Å². The number of ether oxygens (including phenoxy) is 1. The second-order valence-electron chi connectivity index (χ2n) is 11.2. The van der Waals surface area contributed by atoms with Gasteiger partial charge in [-0.1, -0.05) is 48.5 Å². The number of nitrogens with zero attached hydrogens (tertiary/aromatic N) is 5. The predicted octanol–water partition coefficient (Wildman–Crippen LogP) is 5.69. The maximum absolute atomic E-state index is 16.0. The minimum absolute atomic E-state index is 0.0566. The summed E-state index contributed by atoms with van der Waals surface area (Å²) in [4.78, 5) is 28.3. The molecule has 41 heavy (non-hydrogen) atoms. The van der Waals surface area contributed by atoms with Crippen LogP contribution in [0.2, 0.25) is 5.02 Å². The summed E-state index contributed by atoms with van der Waals surface area (Å²) in [5, 5.41) is 2.93. The molecule has 3 aliphatic rings. The number of likely N-dealkylation sites (tertiary alicyclic amines) is 2. The van der Waals surface area contributed by atoms with Gasteiger partial charge in [0.25, 0.3) is 0 Å². The summed E-state index contributed by atoms with van der Waals surface area (Å²) in [6.07, 6.45) is 4.39. The molecule has 3 aromatic carbocycles. The zero-order valence-corrected chi connectivity index (χ0v) is 23.6. The maximum Gasteiger partial charge on any atom is 0.319 e. The van der Waals surface area contributed by atoms with Gasteiger partial charge in [0.05, 0.1) is 17.6 Å². The van der Waals surface area contributed by atoms with E-state index >= 15 is 4.39 Å². The van der Waals surface area contributed by atoms with Crippen LogP contribution in [-0.2, 0) is 4.79 Å². The molecule has 0 spiro atoms. The number of carbonyl (C=O) groups is 1. The zero-order chi connectivity index (χ0) is 28.2. The van der Waals surface area contributed by atoms with Crippen molar-refractivity contribution in [1.29, 1.82) is 0 Å². The average Bonchev–Trinajstić information content (AvgIpc) is 3.53. The number of hydrogen-bond acceptors (Lipinski definition) is 6. The molecule has 3 atom stereocenters. The number of halogens is 2. The Labute approximate surface area is 243 Å². The van der Waals surface area contributed by atoms with Gasteiger partial charge in [-0.2, -0.15) is 9.97 Å². The first-order chi connectivity index (χ1) is 19.9. The largest absolute Gasteiger partial charge is 0.462 e. The number of hydrogen-bond donors (Lipinski definition) is 0. The van der Waals surface area contributed by atoms with Gasteiger partial charge in [0.2, 0.25) is 5.91 Å². The highest BCUT2D eigenvalue weighted by atomic mass is 35.5. The fourth-order valence-electron chi connectivity index (χ4n) is 6.74. The SMILES string of the molecule is C=CC(=O)N1CCC2[C@H]1CN2c1nc(OC[C@@H]2CCCN2C)nc2cc(-c3cccc4cccc(Cl)c34)c(F)cc12. The second-order valence-corrected chi connectivity index (χ2v) is 11.6. The Morgan fingerprint density at radius 2 is 1.95 bits per heavy atom. The first-order valence-corrected chi connectivity index (χ1v) is 14.5. The van der Waals surface area contributed by atoms with Crippen LogP contribution in [0.15, 0.2) is 61.2 Å². The van der Waals surface area contributed by atoms with Crippen LogP contribution in [0, 0.1) is 5.82 Å². The van der Waals surface area contributed by atoms with Gasteiger partial charge in [0.1, 0.15) is 18.2 Å². The lowest BCUT2D eigenvalue weighted by Crippen LogP contribution is -2.63. The molecule has 210 valence electrons. The van der Waals surface area contributed by atoms with Gasteiger partial charge in [0.15, 0.2) is 0 Å². The third-order valence-corrected chi connectivity index (χ3v) is 9.30. The molecule has 3 aliphatic heterocycles. The summed E-state index contributed by atoms with van der Waals surface area (Å²) in [5.41, 5.74) is 1.74. The van der Waals surface area contributed by atoms with Gasteiger partial charge in [-0.05, 0) is 68.1 Å². The normalized spacial score (nSPS) is 22.3. The smallest absolute Gasteiger partial charge is 0.319 e. The van der Waals surface area contributed by atoms with Gasteiger partial charge >= 0.3 is 6.01 Å². The molecule has 0 N–H and O–H groups in total. The van der Waals surface area contributed by atoms with Crippen LogP contribution < -0.4 is 9.64 Å². The number of benzene rings is 3. The fourth-order valence-corrected chi connectivity index (χ4v) is 7.02. The Kier molecular flexibility index (Phi) is 6.55. The summed E-state index contributed by atoms with van der Waals surface area (Å²) in [6, 6.07) is 15.5. The van der Waals surface area contributed by atoms with Gasteiger partial charge in [0, 0.05) is 40.5 Å². The maximum atomic E-state index is 16.0. The molecule has 4 heterocycles. The van der Waals surface area contributed by atoms with E-state index in [1.807, 2.05) is 41.3 Å². The van der Waals surface area contributed by atoms with Gasteiger partial charge in [-0.3, -0.25) is 4.79 Å². The van der Waals surface area contributed by atoms with Crippen LogP contribution in [0.3, 0.4) is 0 Å². The molecule has 1 unspecified atom stereocenters. The molecule has 0 radical (unpaired) electrons. The van der Waals surface area contributed by atoms with Crippen molar-refractivity contribution in [3.8, 4) is 17.1 Å². The molecule has 3 saturated heterocycles. The third kappa shape index (κ3) is 4.41. The number of amides is 1. The minimum Gasteiger partial charge on any atom is -0.462 e. The average molecular weight is 572 g/mol. The molecular formula is C32H31ClFN5O2. The van der Waals surface area contributed by atoms with E-state index in [0.717, 1.165) is 36.6 Å². The van der Waals surface area contributed by atoms with Crippen LogP contribution in [0.25, 0.3) is 32.8 Å². The standard InChI is InChI=1S/C32H31ClFN5O2/c1-3-29(40)38-14-12-27-28(38)17-39(27)31-23-15-25(34)22(21-10-4-7-19-8-5-11-24(33)30(19)21)16-26(23)35-32(36-31)41-18-20-9-6-13-37(20)2/h3-5,7-8,10-11,15-16,20,27-28H,1,6,9,12-14,17-18H2,2H3/t20-,27?,28+/m0/s1. The Morgan fingerprint density at radius 1 is 1.12 bits per heavy atom. The number of fused-ring (bicyclic) bond motifs is 3. The van der Waals surface area contributed by atoms with E-state index in [9.17, 15) is 4.79 Å². The van der Waals surface area contributed by atoms with Crippen molar-refractivity contribution in [2.45, 2.75) is 37.4 Å². The van der Waals surface area contributed by atoms with Crippen LogP contribution in [-0.4, -0.2) is 77.1 Å². The van der Waals surface area contributed by atoms with Crippen molar-refractivity contribution in [3.63, 3.8) is 0 Å². The van der Waals surface area contributed by atoms with Crippen molar-refractivity contribution in [2.75, 3.05) is 38.2 Å². The van der Waals surface area contributed by atoms with Crippen molar-refractivity contribution in [1.82, 2.24) is 19.8 Å². The van der Waals surface area contributed by atoms with E-state index < -0.39 is 0 Å². The quantitative estimate of drug-likeness (QED) is 0.277. The summed E-state index contributed by atoms with van der Waals surface area (Å²) >= 11 is 6.60. The van der Waals surface area contributed by atoms with E-state index in [2.05, 4.69) is 23.4 Å². The lowest BCUT2D eigenvalue weighted by molar-refractivity contribution is -0.127. The molecule has 0 bridgehead atoms. The highest BCUT2D eigenvalue weighted by Crippen LogP contribution is 2.42. The first kappa shape index (κ1) is 26.2. The molecule has 0 saturated carbocycles. The molecule has 7 nitrogen and oxygen atoms in total. The Bertz CT molecular complexity index is 1690. The summed E-state index contributed by atoms with van der Waals surface area (Å²) in [6.45, 7) is 6.46. The summed E-state index contributed by atoms with van der Waals surface area (Å²) in [7, 11) is 2.11.